The van der Waals surface area contributed by atoms with E-state index in [1.54, 1.807) is 0 Å². The number of aromatic nitrogens is 1. The Hall–Kier alpha value is -0.910. The first-order valence-electron chi connectivity index (χ1n) is 3.35. The Kier molecular flexibility index (Phi) is 3.02. The molecule has 0 aliphatic heterocycles. The summed E-state index contributed by atoms with van der Waals surface area (Å²) < 4.78 is 24.2. The second kappa shape index (κ2) is 3.87. The van der Waals surface area contributed by atoms with E-state index in [1.807, 2.05) is 4.98 Å². The van der Waals surface area contributed by atoms with Crippen LogP contribution in [-0.4, -0.2) is 10.1 Å². The summed E-state index contributed by atoms with van der Waals surface area (Å²) in [5.74, 6) is -0.593. The van der Waals surface area contributed by atoms with Crippen LogP contribution in [0.2, 0.25) is 0 Å². The molecule has 3 nitrogen and oxygen atoms in total. The molecule has 0 aliphatic carbocycles. The first kappa shape index (κ1) is 10.2. The molecule has 0 bridgehead atoms. The van der Waals surface area contributed by atoms with Crippen LogP contribution in [0.25, 0.3) is 0 Å². The van der Waals surface area contributed by atoms with Gasteiger partial charge in [0, 0.05) is 10.9 Å². The standard InChI is InChI=1S/C7H6BrF2NO2/c8-2-3-1-4(12)5(6(9)10)11-7(3)13/h1,6,12H,2H2,(H,11,13). The van der Waals surface area contributed by atoms with Crippen LogP contribution in [0.3, 0.4) is 0 Å². The van der Waals surface area contributed by atoms with Gasteiger partial charge in [-0.3, -0.25) is 4.79 Å². The largest absolute Gasteiger partial charge is 0.506 e. The fourth-order valence-corrected chi connectivity index (χ4v) is 1.26. The van der Waals surface area contributed by atoms with E-state index >= 15 is 0 Å². The molecular weight excluding hydrogens is 248 g/mol. The Morgan fingerprint density at radius 1 is 1.62 bits per heavy atom. The quantitative estimate of drug-likeness (QED) is 0.792. The highest BCUT2D eigenvalue weighted by atomic mass is 79.9. The molecule has 1 aromatic rings. The maximum Gasteiger partial charge on any atom is 0.281 e. The minimum Gasteiger partial charge on any atom is -0.506 e. The van der Waals surface area contributed by atoms with Gasteiger partial charge in [-0.25, -0.2) is 8.78 Å². The van der Waals surface area contributed by atoms with Gasteiger partial charge < -0.3 is 10.1 Å². The average Bonchev–Trinajstić information content (AvgIpc) is 2.07. The van der Waals surface area contributed by atoms with Crippen molar-refractivity contribution in [3.63, 3.8) is 0 Å². The van der Waals surface area contributed by atoms with Crippen molar-refractivity contribution in [3.8, 4) is 5.75 Å². The third-order valence-electron chi connectivity index (χ3n) is 1.49. The molecule has 0 atom stereocenters. The molecule has 1 heterocycles. The molecule has 0 unspecified atom stereocenters. The third kappa shape index (κ3) is 2.06. The maximum atomic E-state index is 12.1. The number of halogens is 3. The van der Waals surface area contributed by atoms with Crippen LogP contribution in [0.4, 0.5) is 8.78 Å². The van der Waals surface area contributed by atoms with Crippen LogP contribution in [0, 0.1) is 0 Å². The molecule has 0 aromatic carbocycles. The van der Waals surface area contributed by atoms with Gasteiger partial charge in [0.2, 0.25) is 0 Å². The maximum absolute atomic E-state index is 12.1. The molecule has 0 amide bonds. The molecule has 0 spiro atoms. The molecule has 13 heavy (non-hydrogen) atoms. The lowest BCUT2D eigenvalue weighted by Gasteiger charge is -2.03. The summed E-state index contributed by atoms with van der Waals surface area (Å²) in [4.78, 5) is 12.9. The van der Waals surface area contributed by atoms with E-state index in [1.165, 1.54) is 0 Å². The van der Waals surface area contributed by atoms with Crippen molar-refractivity contribution < 1.29 is 13.9 Å². The van der Waals surface area contributed by atoms with E-state index in [0.29, 0.717) is 0 Å². The van der Waals surface area contributed by atoms with Gasteiger partial charge in [0.05, 0.1) is 0 Å². The normalized spacial score (nSPS) is 10.8. The van der Waals surface area contributed by atoms with Crippen LogP contribution in [-0.2, 0) is 5.33 Å². The molecule has 6 heteroatoms. The van der Waals surface area contributed by atoms with E-state index in [9.17, 15) is 13.6 Å². The second-order valence-electron chi connectivity index (χ2n) is 2.36. The summed E-state index contributed by atoms with van der Waals surface area (Å²) in [6.07, 6.45) is -2.88. The predicted molar refractivity (Wildman–Crippen MR) is 46.3 cm³/mol. The van der Waals surface area contributed by atoms with Gasteiger partial charge in [0.15, 0.2) is 0 Å². The molecule has 0 saturated carbocycles. The number of alkyl halides is 3. The monoisotopic (exact) mass is 253 g/mol. The lowest BCUT2D eigenvalue weighted by molar-refractivity contribution is 0.141. The molecule has 1 rings (SSSR count). The van der Waals surface area contributed by atoms with Gasteiger partial charge in [0.1, 0.15) is 11.4 Å². The summed E-state index contributed by atoms with van der Waals surface area (Å²) in [5.41, 5.74) is -1.15. The molecular formula is C7H6BrF2NO2. The van der Waals surface area contributed by atoms with Crippen molar-refractivity contribution in [1.82, 2.24) is 4.98 Å². The van der Waals surface area contributed by atoms with Gasteiger partial charge in [0.25, 0.3) is 12.0 Å². The average molecular weight is 254 g/mol. The first-order chi connectivity index (χ1) is 6.06. The highest BCUT2D eigenvalue weighted by Crippen LogP contribution is 2.25. The zero-order chi connectivity index (χ0) is 10.0. The molecule has 0 fully saturated rings. The Labute approximate surface area is 80.5 Å². The molecule has 72 valence electrons. The summed E-state index contributed by atoms with van der Waals surface area (Å²) in [6, 6.07) is 1.02. The van der Waals surface area contributed by atoms with Crippen molar-refractivity contribution in [2.75, 3.05) is 0 Å². The fourth-order valence-electron chi connectivity index (χ4n) is 0.841. The van der Waals surface area contributed by atoms with Gasteiger partial charge in [-0.15, -0.1) is 0 Å². The Morgan fingerprint density at radius 2 is 2.23 bits per heavy atom. The molecule has 1 aromatic heterocycles. The number of aromatic hydroxyl groups is 1. The van der Waals surface area contributed by atoms with E-state index < -0.39 is 23.4 Å². The fraction of sp³-hybridized carbons (Fsp3) is 0.286. The number of hydrogen-bond donors (Lipinski definition) is 2. The van der Waals surface area contributed by atoms with Crippen LogP contribution >= 0.6 is 15.9 Å². The summed E-state index contributed by atoms with van der Waals surface area (Å²) in [7, 11) is 0. The van der Waals surface area contributed by atoms with Crippen LogP contribution in [0.1, 0.15) is 17.7 Å². The minimum atomic E-state index is -2.88. The smallest absolute Gasteiger partial charge is 0.281 e. The zero-order valence-electron chi connectivity index (χ0n) is 6.35. The first-order valence-corrected chi connectivity index (χ1v) is 4.47. The Balaban J connectivity index is 3.29. The number of pyridine rings is 1. The third-order valence-corrected chi connectivity index (χ3v) is 2.09. The van der Waals surface area contributed by atoms with Gasteiger partial charge in [-0.2, -0.15) is 0 Å². The van der Waals surface area contributed by atoms with E-state index in [-0.39, 0.29) is 10.9 Å². The topological polar surface area (TPSA) is 53.1 Å². The van der Waals surface area contributed by atoms with Crippen molar-refractivity contribution in [3.05, 3.63) is 27.7 Å². The van der Waals surface area contributed by atoms with Crippen molar-refractivity contribution >= 4 is 15.9 Å². The van der Waals surface area contributed by atoms with Gasteiger partial charge in [-0.1, -0.05) is 15.9 Å². The molecule has 0 aliphatic rings. The van der Waals surface area contributed by atoms with Crippen LogP contribution < -0.4 is 5.56 Å². The predicted octanol–water partition coefficient (Wildman–Crippen LogP) is 1.91. The molecule has 0 saturated heterocycles. The van der Waals surface area contributed by atoms with Gasteiger partial charge in [-0.05, 0) is 6.07 Å². The zero-order valence-corrected chi connectivity index (χ0v) is 7.94. The van der Waals surface area contributed by atoms with Crippen molar-refractivity contribution in [2.24, 2.45) is 0 Å². The summed E-state index contributed by atoms with van der Waals surface area (Å²) >= 11 is 2.99. The number of rotatable bonds is 2. The van der Waals surface area contributed by atoms with E-state index in [4.69, 9.17) is 5.11 Å². The number of aromatic amines is 1. The molecule has 0 radical (unpaired) electrons. The number of H-pyrrole nitrogens is 1. The second-order valence-corrected chi connectivity index (χ2v) is 2.92. The lowest BCUT2D eigenvalue weighted by Crippen LogP contribution is -2.13. The van der Waals surface area contributed by atoms with Crippen LogP contribution in [0.5, 0.6) is 5.75 Å². The Morgan fingerprint density at radius 3 is 2.69 bits per heavy atom. The highest BCUT2D eigenvalue weighted by Gasteiger charge is 2.15. The van der Waals surface area contributed by atoms with Crippen molar-refractivity contribution in [2.45, 2.75) is 11.8 Å². The minimum absolute atomic E-state index is 0.208. The molecule has 2 N–H and O–H groups in total. The number of hydrogen-bond acceptors (Lipinski definition) is 2. The summed E-state index contributed by atoms with van der Waals surface area (Å²) in [6.45, 7) is 0. The lowest BCUT2D eigenvalue weighted by atomic mass is 10.2. The van der Waals surface area contributed by atoms with Gasteiger partial charge >= 0.3 is 0 Å². The highest BCUT2D eigenvalue weighted by molar-refractivity contribution is 9.08. The van der Waals surface area contributed by atoms with E-state index in [0.717, 1.165) is 6.07 Å². The summed E-state index contributed by atoms with van der Waals surface area (Å²) in [5, 5.41) is 9.25. The van der Waals surface area contributed by atoms with Crippen LogP contribution in [0.15, 0.2) is 10.9 Å². The SMILES string of the molecule is O=c1[nH]c(C(F)F)c(O)cc1CBr. The number of nitrogens with one attached hydrogen (secondary N) is 1. The van der Waals surface area contributed by atoms with E-state index in [2.05, 4.69) is 15.9 Å². The Bertz CT molecular complexity index is 364. The van der Waals surface area contributed by atoms with Crippen molar-refractivity contribution in [1.29, 1.82) is 0 Å².